The van der Waals surface area contributed by atoms with Crippen LogP contribution in [-0.2, 0) is 0 Å². The van der Waals surface area contributed by atoms with Crippen LogP contribution in [-0.4, -0.2) is 10.8 Å². The van der Waals surface area contributed by atoms with Gasteiger partial charge in [0.25, 0.3) is 0 Å². The molecule has 92 valence electrons. The van der Waals surface area contributed by atoms with Gasteiger partial charge >= 0.3 is 0 Å². The third-order valence-electron chi connectivity index (χ3n) is 3.27. The predicted molar refractivity (Wildman–Crippen MR) is 69.8 cm³/mol. The van der Waals surface area contributed by atoms with Gasteiger partial charge < -0.3 is 0 Å². The maximum absolute atomic E-state index is 12.1. The van der Waals surface area contributed by atoms with E-state index in [-0.39, 0.29) is 5.78 Å². The lowest BCUT2D eigenvalue weighted by atomic mass is 9.85. The Morgan fingerprint density at radius 2 is 2.00 bits per heavy atom. The highest BCUT2D eigenvalue weighted by molar-refractivity contribution is 6.36. The van der Waals surface area contributed by atoms with E-state index in [1.807, 2.05) is 0 Å². The molecule has 1 heterocycles. The van der Waals surface area contributed by atoms with Crippen molar-refractivity contribution in [1.29, 1.82) is 0 Å². The fourth-order valence-corrected chi connectivity index (χ4v) is 2.86. The first-order valence-corrected chi connectivity index (χ1v) is 6.76. The van der Waals surface area contributed by atoms with Gasteiger partial charge in [-0.05, 0) is 12.0 Å². The minimum absolute atomic E-state index is 0.0403. The highest BCUT2D eigenvalue weighted by atomic mass is 35.5. The lowest BCUT2D eigenvalue weighted by Crippen LogP contribution is -2.13. The molecule has 4 heteroatoms. The van der Waals surface area contributed by atoms with Crippen LogP contribution in [0, 0.1) is 5.92 Å². The summed E-state index contributed by atoms with van der Waals surface area (Å²) in [6.45, 7) is 0. The first-order chi connectivity index (χ1) is 8.16. The lowest BCUT2D eigenvalue weighted by molar-refractivity contribution is 0.0945. The molecule has 0 saturated heterocycles. The molecular formula is C13H15Cl2NO. The van der Waals surface area contributed by atoms with Crippen molar-refractivity contribution in [3.63, 3.8) is 0 Å². The van der Waals surface area contributed by atoms with Crippen molar-refractivity contribution in [2.75, 3.05) is 0 Å². The summed E-state index contributed by atoms with van der Waals surface area (Å²) in [4.78, 5) is 16.1. The average molecular weight is 272 g/mol. The molecule has 0 unspecified atom stereocenters. The van der Waals surface area contributed by atoms with Gasteiger partial charge in [0.2, 0.25) is 0 Å². The molecule has 1 aliphatic rings. The van der Waals surface area contributed by atoms with Gasteiger partial charge in [-0.1, -0.05) is 55.3 Å². The van der Waals surface area contributed by atoms with Crippen molar-refractivity contribution in [1.82, 2.24) is 4.98 Å². The Labute approximate surface area is 111 Å². The van der Waals surface area contributed by atoms with Crippen molar-refractivity contribution in [3.05, 3.63) is 28.0 Å². The number of pyridine rings is 1. The molecule has 0 aromatic carbocycles. The zero-order valence-electron chi connectivity index (χ0n) is 9.59. The van der Waals surface area contributed by atoms with Gasteiger partial charge in [0.15, 0.2) is 5.78 Å². The molecule has 0 amide bonds. The van der Waals surface area contributed by atoms with Crippen molar-refractivity contribution in [3.8, 4) is 0 Å². The van der Waals surface area contributed by atoms with Crippen LogP contribution < -0.4 is 0 Å². The second-order valence-corrected chi connectivity index (χ2v) is 5.46. The molecule has 1 aliphatic carbocycles. The maximum Gasteiger partial charge on any atom is 0.182 e. The Balaban J connectivity index is 2.03. The zero-order valence-corrected chi connectivity index (χ0v) is 11.1. The van der Waals surface area contributed by atoms with E-state index in [9.17, 15) is 4.79 Å². The third-order valence-corrected chi connectivity index (χ3v) is 3.77. The topological polar surface area (TPSA) is 30.0 Å². The van der Waals surface area contributed by atoms with Crippen molar-refractivity contribution in [2.45, 2.75) is 38.5 Å². The predicted octanol–water partition coefficient (Wildman–Crippen LogP) is 4.54. The van der Waals surface area contributed by atoms with Gasteiger partial charge in [0, 0.05) is 12.6 Å². The quantitative estimate of drug-likeness (QED) is 0.756. The number of Topliss-reactive ketones (excluding diaryl/α,β-unsaturated/α-hetero) is 1. The Morgan fingerprint density at radius 3 is 2.65 bits per heavy atom. The van der Waals surface area contributed by atoms with Gasteiger partial charge in [-0.15, -0.1) is 0 Å². The van der Waals surface area contributed by atoms with E-state index in [4.69, 9.17) is 23.2 Å². The van der Waals surface area contributed by atoms with E-state index in [1.165, 1.54) is 25.5 Å². The van der Waals surface area contributed by atoms with Crippen molar-refractivity contribution >= 4 is 29.0 Å². The summed E-state index contributed by atoms with van der Waals surface area (Å²) < 4.78 is 0. The van der Waals surface area contributed by atoms with Crippen molar-refractivity contribution < 1.29 is 4.79 Å². The highest BCUT2D eigenvalue weighted by Crippen LogP contribution is 2.28. The molecule has 0 atom stereocenters. The van der Waals surface area contributed by atoms with Crippen LogP contribution in [0.2, 0.25) is 10.0 Å². The van der Waals surface area contributed by atoms with Crippen LogP contribution in [0.3, 0.4) is 0 Å². The van der Waals surface area contributed by atoms with E-state index in [0.717, 1.165) is 12.8 Å². The maximum atomic E-state index is 12.1. The third kappa shape index (κ3) is 3.43. The number of nitrogens with zero attached hydrogens (tertiary/aromatic N) is 1. The van der Waals surface area contributed by atoms with Crippen LogP contribution in [0.5, 0.6) is 0 Å². The number of hydrogen-bond acceptors (Lipinski definition) is 2. The fraction of sp³-hybridized carbons (Fsp3) is 0.538. The van der Waals surface area contributed by atoms with Gasteiger partial charge in [0.1, 0.15) is 5.69 Å². The SMILES string of the molecule is O=C(CC1CCCCC1)c1ncc(Cl)cc1Cl. The standard InChI is InChI=1S/C13H15Cl2NO/c14-10-7-11(15)13(16-8-10)12(17)6-9-4-2-1-3-5-9/h7-9H,1-6H2. The Kier molecular flexibility index (Phi) is 4.41. The first-order valence-electron chi connectivity index (χ1n) is 6.01. The normalized spacial score (nSPS) is 17.1. The summed E-state index contributed by atoms with van der Waals surface area (Å²) in [7, 11) is 0. The van der Waals surface area contributed by atoms with E-state index in [0.29, 0.717) is 28.1 Å². The Bertz CT molecular complexity index is 414. The Morgan fingerprint density at radius 1 is 1.29 bits per heavy atom. The molecular weight excluding hydrogens is 257 g/mol. The van der Waals surface area contributed by atoms with Crippen LogP contribution in [0.15, 0.2) is 12.3 Å². The molecule has 1 aromatic heterocycles. The minimum Gasteiger partial charge on any atom is -0.292 e. The average Bonchev–Trinajstić information content (AvgIpc) is 2.30. The van der Waals surface area contributed by atoms with Gasteiger partial charge in [-0.3, -0.25) is 9.78 Å². The summed E-state index contributed by atoms with van der Waals surface area (Å²) in [5.74, 6) is 0.545. The highest BCUT2D eigenvalue weighted by Gasteiger charge is 2.20. The molecule has 0 bridgehead atoms. The molecule has 0 aliphatic heterocycles. The summed E-state index contributed by atoms with van der Waals surface area (Å²) >= 11 is 11.7. The molecule has 0 spiro atoms. The van der Waals surface area contributed by atoms with Crippen LogP contribution in [0.25, 0.3) is 0 Å². The number of rotatable bonds is 3. The number of carbonyl (C=O) groups excluding carboxylic acids is 1. The second-order valence-electron chi connectivity index (χ2n) is 4.62. The van der Waals surface area contributed by atoms with Crippen LogP contribution >= 0.6 is 23.2 Å². The Hall–Kier alpha value is -0.600. The summed E-state index contributed by atoms with van der Waals surface area (Å²) in [5, 5.41) is 0.822. The van der Waals surface area contributed by atoms with Gasteiger partial charge in [-0.2, -0.15) is 0 Å². The molecule has 17 heavy (non-hydrogen) atoms. The van der Waals surface area contributed by atoms with Crippen molar-refractivity contribution in [2.24, 2.45) is 5.92 Å². The molecule has 0 radical (unpaired) electrons. The largest absolute Gasteiger partial charge is 0.292 e. The monoisotopic (exact) mass is 271 g/mol. The zero-order chi connectivity index (χ0) is 12.3. The number of carbonyl (C=O) groups is 1. The van der Waals surface area contributed by atoms with E-state index in [2.05, 4.69) is 4.98 Å². The molecule has 1 saturated carbocycles. The summed E-state index contributed by atoms with van der Waals surface area (Å²) in [5.41, 5.74) is 0.363. The smallest absolute Gasteiger partial charge is 0.182 e. The van der Waals surface area contributed by atoms with Crippen LogP contribution in [0.1, 0.15) is 49.0 Å². The van der Waals surface area contributed by atoms with E-state index in [1.54, 1.807) is 6.07 Å². The van der Waals surface area contributed by atoms with Crippen LogP contribution in [0.4, 0.5) is 0 Å². The van der Waals surface area contributed by atoms with Gasteiger partial charge in [-0.25, -0.2) is 0 Å². The number of aromatic nitrogens is 1. The number of ketones is 1. The molecule has 1 aromatic rings. The molecule has 1 fully saturated rings. The lowest BCUT2D eigenvalue weighted by Gasteiger charge is -2.20. The van der Waals surface area contributed by atoms with E-state index >= 15 is 0 Å². The first kappa shape index (κ1) is 12.8. The summed E-state index contributed by atoms with van der Waals surface area (Å²) in [6, 6.07) is 1.57. The molecule has 2 nitrogen and oxygen atoms in total. The number of halogens is 2. The second kappa shape index (κ2) is 5.83. The van der Waals surface area contributed by atoms with E-state index < -0.39 is 0 Å². The van der Waals surface area contributed by atoms with Gasteiger partial charge in [0.05, 0.1) is 10.0 Å². The fourth-order valence-electron chi connectivity index (χ4n) is 2.37. The minimum atomic E-state index is 0.0403. The molecule has 2 rings (SSSR count). The molecule has 0 N–H and O–H groups in total. The summed E-state index contributed by atoms with van der Waals surface area (Å²) in [6.07, 6.45) is 8.11. The number of hydrogen-bond donors (Lipinski definition) is 0.